The van der Waals surface area contributed by atoms with E-state index in [1.807, 2.05) is 25.1 Å². The number of fused-ring (bicyclic) bond motifs is 1. The molecule has 0 saturated heterocycles. The average molecular weight is 294 g/mol. The topological polar surface area (TPSA) is 59.3 Å². The van der Waals surface area contributed by atoms with E-state index >= 15 is 0 Å². The van der Waals surface area contributed by atoms with Crippen LogP contribution in [0.4, 0.5) is 5.69 Å². The molecule has 1 N–H and O–H groups in total. The molecule has 2 heterocycles. The van der Waals surface area contributed by atoms with Gasteiger partial charge < -0.3 is 5.32 Å². The number of rotatable bonds is 3. The summed E-state index contributed by atoms with van der Waals surface area (Å²) >= 11 is 0. The van der Waals surface area contributed by atoms with Gasteiger partial charge in [0.15, 0.2) is 5.65 Å². The Morgan fingerprint density at radius 2 is 2.00 bits per heavy atom. The molecule has 0 aliphatic heterocycles. The molecule has 0 bridgehead atoms. The van der Waals surface area contributed by atoms with Crippen LogP contribution in [0.3, 0.4) is 0 Å². The maximum absolute atomic E-state index is 12.7. The number of benzene rings is 1. The van der Waals surface area contributed by atoms with Crippen molar-refractivity contribution in [3.63, 3.8) is 0 Å². The first kappa shape index (κ1) is 14.3. The summed E-state index contributed by atoms with van der Waals surface area (Å²) in [5.74, 6) is 0.143. The maximum Gasteiger partial charge on any atom is 0.274 e. The quantitative estimate of drug-likeness (QED) is 0.805. The van der Waals surface area contributed by atoms with Crippen LogP contribution in [0.1, 0.15) is 41.4 Å². The number of carbonyl (C=O) groups is 1. The summed E-state index contributed by atoms with van der Waals surface area (Å²) in [7, 11) is 0. The summed E-state index contributed by atoms with van der Waals surface area (Å²) in [6.45, 7) is 6.22. The number of amides is 1. The summed E-state index contributed by atoms with van der Waals surface area (Å²) in [6, 6.07) is 9.49. The summed E-state index contributed by atoms with van der Waals surface area (Å²) < 4.78 is 1.54. The fraction of sp³-hybridized carbons (Fsp3) is 0.235. The van der Waals surface area contributed by atoms with E-state index in [1.165, 1.54) is 0 Å². The van der Waals surface area contributed by atoms with Crippen molar-refractivity contribution in [2.75, 3.05) is 5.32 Å². The van der Waals surface area contributed by atoms with Gasteiger partial charge in [0.05, 0.1) is 6.20 Å². The molecule has 3 rings (SSSR count). The van der Waals surface area contributed by atoms with Crippen LogP contribution in [0.15, 0.2) is 42.7 Å². The van der Waals surface area contributed by atoms with Crippen LogP contribution in [-0.2, 0) is 0 Å². The third-order valence-corrected chi connectivity index (χ3v) is 3.69. The van der Waals surface area contributed by atoms with Gasteiger partial charge in [-0.05, 0) is 30.0 Å². The number of aryl methyl sites for hydroxylation is 1. The minimum atomic E-state index is -0.188. The van der Waals surface area contributed by atoms with Gasteiger partial charge >= 0.3 is 0 Å². The molecule has 0 atom stereocenters. The first-order valence-electron chi connectivity index (χ1n) is 7.27. The van der Waals surface area contributed by atoms with Gasteiger partial charge in [0.2, 0.25) is 0 Å². The molecule has 2 aromatic heterocycles. The van der Waals surface area contributed by atoms with Crippen molar-refractivity contribution in [2.45, 2.75) is 26.7 Å². The molecule has 0 fully saturated rings. The first-order chi connectivity index (χ1) is 10.6. The van der Waals surface area contributed by atoms with Crippen molar-refractivity contribution in [1.82, 2.24) is 14.6 Å². The Balaban J connectivity index is 2.00. The van der Waals surface area contributed by atoms with Crippen molar-refractivity contribution in [2.24, 2.45) is 0 Å². The Kier molecular flexibility index (Phi) is 3.63. The molecule has 0 aliphatic rings. The van der Waals surface area contributed by atoms with E-state index in [-0.39, 0.29) is 5.91 Å². The van der Waals surface area contributed by atoms with Gasteiger partial charge in [-0.15, -0.1) is 0 Å². The highest BCUT2D eigenvalue weighted by Crippen LogP contribution is 2.27. The van der Waals surface area contributed by atoms with Gasteiger partial charge in [-0.3, -0.25) is 4.79 Å². The highest BCUT2D eigenvalue weighted by molar-refractivity contribution is 6.04. The second kappa shape index (κ2) is 5.60. The lowest BCUT2D eigenvalue weighted by molar-refractivity contribution is 0.101. The molecule has 112 valence electrons. The van der Waals surface area contributed by atoms with Crippen LogP contribution in [-0.4, -0.2) is 20.5 Å². The second-order valence-corrected chi connectivity index (χ2v) is 5.58. The van der Waals surface area contributed by atoms with Gasteiger partial charge in [-0.2, -0.15) is 5.10 Å². The molecule has 0 saturated carbocycles. The van der Waals surface area contributed by atoms with E-state index in [4.69, 9.17) is 0 Å². The largest absolute Gasteiger partial charge is 0.320 e. The number of anilines is 1. The predicted molar refractivity (Wildman–Crippen MR) is 86.2 cm³/mol. The lowest BCUT2D eigenvalue weighted by Gasteiger charge is -2.16. The molecule has 1 amide bonds. The van der Waals surface area contributed by atoms with Crippen molar-refractivity contribution >= 4 is 17.2 Å². The highest BCUT2D eigenvalue weighted by Gasteiger charge is 2.15. The molecule has 5 heteroatoms. The smallest absolute Gasteiger partial charge is 0.274 e. The maximum atomic E-state index is 12.7. The van der Waals surface area contributed by atoms with Crippen molar-refractivity contribution in [3.8, 4) is 0 Å². The lowest BCUT2D eigenvalue weighted by atomic mass is 9.98. The average Bonchev–Trinajstić information content (AvgIpc) is 2.97. The summed E-state index contributed by atoms with van der Waals surface area (Å²) in [5, 5.41) is 7.19. The molecule has 3 aromatic rings. The van der Waals surface area contributed by atoms with Gasteiger partial charge in [0.1, 0.15) is 5.69 Å². The summed E-state index contributed by atoms with van der Waals surface area (Å²) in [4.78, 5) is 16.8. The first-order valence-corrected chi connectivity index (χ1v) is 7.27. The number of carbonyl (C=O) groups excluding carboxylic acids is 1. The molecule has 0 unspecified atom stereocenters. The third-order valence-electron chi connectivity index (χ3n) is 3.69. The van der Waals surface area contributed by atoms with Gasteiger partial charge in [0.25, 0.3) is 5.91 Å². The molecular formula is C17H18N4O. The zero-order valence-electron chi connectivity index (χ0n) is 12.9. The Bertz CT molecular complexity index is 836. The molecule has 0 radical (unpaired) electrons. The Hall–Kier alpha value is -2.69. The van der Waals surface area contributed by atoms with E-state index in [0.717, 1.165) is 16.8 Å². The van der Waals surface area contributed by atoms with Crippen LogP contribution in [0.2, 0.25) is 0 Å². The zero-order chi connectivity index (χ0) is 15.7. The number of nitrogens with one attached hydrogen (secondary N) is 1. The second-order valence-electron chi connectivity index (χ2n) is 5.58. The van der Waals surface area contributed by atoms with E-state index < -0.39 is 0 Å². The molecular weight excluding hydrogens is 276 g/mol. The van der Waals surface area contributed by atoms with Crippen molar-refractivity contribution in [3.05, 3.63) is 59.5 Å². The normalized spacial score (nSPS) is 11.1. The minimum Gasteiger partial charge on any atom is -0.320 e. The highest BCUT2D eigenvalue weighted by atomic mass is 16.2. The standard InChI is InChI=1S/C17H18N4O/c1-11(2)13-6-4-5-12(3)16(13)20-17(22)14-7-9-18-15-8-10-19-21(14)15/h4-11H,1-3H3,(H,20,22). The SMILES string of the molecule is Cc1cccc(C(C)C)c1NC(=O)c1ccnc2ccnn12. The summed E-state index contributed by atoms with van der Waals surface area (Å²) in [6.07, 6.45) is 3.25. The number of aromatic nitrogens is 3. The molecule has 0 spiro atoms. The Morgan fingerprint density at radius 3 is 2.77 bits per heavy atom. The minimum absolute atomic E-state index is 0.188. The lowest BCUT2D eigenvalue weighted by Crippen LogP contribution is -2.18. The van der Waals surface area contributed by atoms with E-state index in [2.05, 4.69) is 29.2 Å². The van der Waals surface area contributed by atoms with Crippen LogP contribution >= 0.6 is 0 Å². The zero-order valence-corrected chi connectivity index (χ0v) is 12.9. The monoisotopic (exact) mass is 294 g/mol. The van der Waals surface area contributed by atoms with E-state index in [1.54, 1.807) is 29.0 Å². The Morgan fingerprint density at radius 1 is 1.18 bits per heavy atom. The number of hydrogen-bond acceptors (Lipinski definition) is 3. The molecule has 1 aromatic carbocycles. The number of para-hydroxylation sites is 1. The predicted octanol–water partition coefficient (Wildman–Crippen LogP) is 3.41. The number of hydrogen-bond donors (Lipinski definition) is 1. The third kappa shape index (κ3) is 2.45. The van der Waals surface area contributed by atoms with Crippen molar-refractivity contribution in [1.29, 1.82) is 0 Å². The Labute approximate surface area is 129 Å². The van der Waals surface area contributed by atoms with E-state index in [9.17, 15) is 4.79 Å². The van der Waals surface area contributed by atoms with Crippen LogP contribution < -0.4 is 5.32 Å². The van der Waals surface area contributed by atoms with Crippen molar-refractivity contribution < 1.29 is 4.79 Å². The molecule has 5 nitrogen and oxygen atoms in total. The van der Waals surface area contributed by atoms with Gasteiger partial charge in [0, 0.05) is 18.0 Å². The van der Waals surface area contributed by atoms with Crippen LogP contribution in [0.25, 0.3) is 5.65 Å². The van der Waals surface area contributed by atoms with Crippen LogP contribution in [0, 0.1) is 6.92 Å². The van der Waals surface area contributed by atoms with Crippen LogP contribution in [0.5, 0.6) is 0 Å². The van der Waals surface area contributed by atoms with Gasteiger partial charge in [-0.1, -0.05) is 32.0 Å². The molecule has 22 heavy (non-hydrogen) atoms. The fourth-order valence-electron chi connectivity index (χ4n) is 2.53. The fourth-order valence-corrected chi connectivity index (χ4v) is 2.53. The van der Waals surface area contributed by atoms with E-state index in [0.29, 0.717) is 17.3 Å². The number of nitrogens with zero attached hydrogens (tertiary/aromatic N) is 3. The molecule has 0 aliphatic carbocycles. The van der Waals surface area contributed by atoms with Gasteiger partial charge in [-0.25, -0.2) is 9.50 Å². The summed E-state index contributed by atoms with van der Waals surface area (Å²) in [5.41, 5.74) is 4.17.